The molecule has 146 valence electrons. The van der Waals surface area contributed by atoms with Crippen LogP contribution in [0.25, 0.3) is 0 Å². The van der Waals surface area contributed by atoms with E-state index in [0.717, 1.165) is 6.42 Å². The molecule has 2 aromatic carbocycles. The van der Waals surface area contributed by atoms with Gasteiger partial charge in [0.1, 0.15) is 5.75 Å². The molecule has 0 radical (unpaired) electrons. The first-order chi connectivity index (χ1) is 13.5. The minimum Gasteiger partial charge on any atom is -0.484 e. The molecular weight excluding hydrogens is 366 g/mol. The molecule has 0 aliphatic heterocycles. The molecule has 2 aromatic rings. The second-order valence-corrected chi connectivity index (χ2v) is 5.56. The highest BCUT2D eigenvalue weighted by Gasteiger charge is 2.10. The van der Waals surface area contributed by atoms with Crippen LogP contribution in [0.4, 0.5) is 5.69 Å². The minimum absolute atomic E-state index is 0.116. The Labute approximate surface area is 161 Å². The normalized spacial score (nSPS) is 10.5. The number of amides is 1. The van der Waals surface area contributed by atoms with Gasteiger partial charge in [-0.15, -0.1) is 0 Å². The van der Waals surface area contributed by atoms with Crippen molar-refractivity contribution in [3.63, 3.8) is 0 Å². The highest BCUT2D eigenvalue weighted by atomic mass is 16.6. The van der Waals surface area contributed by atoms with E-state index < -0.39 is 16.8 Å². The second-order valence-electron chi connectivity index (χ2n) is 5.56. The largest absolute Gasteiger partial charge is 0.484 e. The fraction of sp³-hybridized carbons (Fsp3) is 0.211. The lowest BCUT2D eigenvalue weighted by molar-refractivity contribution is -0.385. The standard InChI is InChI=1S/C19H19N3O6/c1-2-11-27-19(24)14-7-9-16(10-8-14)28-13-18(23)21-20-12-15-5-3-4-6-17(15)22(25)26/h3-10,12H,2,11,13H2,1H3,(H,21,23)/b20-12+. The van der Waals surface area contributed by atoms with Crippen LogP contribution in [-0.4, -0.2) is 36.2 Å². The molecule has 1 amide bonds. The van der Waals surface area contributed by atoms with E-state index in [4.69, 9.17) is 9.47 Å². The van der Waals surface area contributed by atoms with Crippen LogP contribution in [0.1, 0.15) is 29.3 Å². The zero-order valence-corrected chi connectivity index (χ0v) is 15.2. The predicted octanol–water partition coefficient (Wildman–Crippen LogP) is 2.69. The SMILES string of the molecule is CCCOC(=O)c1ccc(OCC(=O)N/N=C/c2ccccc2[N+](=O)[O-])cc1. The number of para-hydroxylation sites is 1. The van der Waals surface area contributed by atoms with Crippen LogP contribution in [0, 0.1) is 10.1 Å². The first-order valence-corrected chi connectivity index (χ1v) is 8.46. The number of nitrogens with zero attached hydrogens (tertiary/aromatic N) is 2. The fourth-order valence-corrected chi connectivity index (χ4v) is 2.08. The van der Waals surface area contributed by atoms with Gasteiger partial charge in [-0.3, -0.25) is 14.9 Å². The number of hydrazone groups is 1. The van der Waals surface area contributed by atoms with Gasteiger partial charge in [0.2, 0.25) is 0 Å². The quantitative estimate of drug-likeness (QED) is 0.307. The first-order valence-electron chi connectivity index (χ1n) is 8.46. The Bertz CT molecular complexity index is 864. The van der Waals surface area contributed by atoms with E-state index in [1.165, 1.54) is 36.5 Å². The smallest absolute Gasteiger partial charge is 0.338 e. The van der Waals surface area contributed by atoms with Crippen LogP contribution in [-0.2, 0) is 9.53 Å². The summed E-state index contributed by atoms with van der Waals surface area (Å²) in [5, 5.41) is 14.6. The molecule has 9 heteroatoms. The maximum absolute atomic E-state index is 11.8. The van der Waals surface area contributed by atoms with E-state index in [2.05, 4.69) is 10.5 Å². The van der Waals surface area contributed by atoms with Crippen LogP contribution in [0.2, 0.25) is 0 Å². The third-order valence-electron chi connectivity index (χ3n) is 3.42. The molecule has 0 bridgehead atoms. The lowest BCUT2D eigenvalue weighted by atomic mass is 10.2. The lowest BCUT2D eigenvalue weighted by Crippen LogP contribution is -2.24. The van der Waals surface area contributed by atoms with Gasteiger partial charge >= 0.3 is 5.97 Å². The summed E-state index contributed by atoms with van der Waals surface area (Å²) in [6, 6.07) is 12.2. The molecule has 0 unspecified atom stereocenters. The lowest BCUT2D eigenvalue weighted by Gasteiger charge is -2.06. The zero-order chi connectivity index (χ0) is 20.4. The summed E-state index contributed by atoms with van der Waals surface area (Å²) in [6.07, 6.45) is 1.93. The van der Waals surface area contributed by atoms with Crippen LogP contribution in [0.5, 0.6) is 5.75 Å². The summed E-state index contributed by atoms with van der Waals surface area (Å²) in [5.41, 5.74) is 2.76. The van der Waals surface area contributed by atoms with Crippen molar-refractivity contribution in [1.29, 1.82) is 0 Å². The summed E-state index contributed by atoms with van der Waals surface area (Å²) >= 11 is 0. The third-order valence-corrected chi connectivity index (χ3v) is 3.42. The molecule has 0 saturated carbocycles. The average Bonchev–Trinajstić information content (AvgIpc) is 2.71. The van der Waals surface area contributed by atoms with Gasteiger partial charge in [-0.25, -0.2) is 10.2 Å². The number of hydrogen-bond acceptors (Lipinski definition) is 7. The van der Waals surface area contributed by atoms with Crippen molar-refractivity contribution in [2.75, 3.05) is 13.2 Å². The third kappa shape index (κ3) is 6.20. The summed E-state index contributed by atoms with van der Waals surface area (Å²) < 4.78 is 10.3. The zero-order valence-electron chi connectivity index (χ0n) is 15.2. The Kier molecular flexibility index (Phi) is 7.64. The monoisotopic (exact) mass is 385 g/mol. The van der Waals surface area contributed by atoms with Crippen LogP contribution in [0.3, 0.4) is 0 Å². The molecule has 2 rings (SSSR count). The number of nitro benzene ring substituents is 1. The van der Waals surface area contributed by atoms with Gasteiger partial charge in [0.05, 0.1) is 28.9 Å². The molecule has 0 atom stereocenters. The molecule has 28 heavy (non-hydrogen) atoms. The maximum Gasteiger partial charge on any atom is 0.338 e. The molecule has 9 nitrogen and oxygen atoms in total. The van der Waals surface area contributed by atoms with E-state index in [-0.39, 0.29) is 17.9 Å². The summed E-state index contributed by atoms with van der Waals surface area (Å²) in [4.78, 5) is 33.8. The Morgan fingerprint density at radius 2 is 1.89 bits per heavy atom. The number of benzene rings is 2. The van der Waals surface area contributed by atoms with Crippen LogP contribution < -0.4 is 10.2 Å². The van der Waals surface area contributed by atoms with Crippen molar-refractivity contribution in [1.82, 2.24) is 5.43 Å². The topological polar surface area (TPSA) is 120 Å². The molecule has 1 N–H and O–H groups in total. The van der Waals surface area contributed by atoms with Gasteiger partial charge < -0.3 is 9.47 Å². The molecule has 0 aliphatic carbocycles. The van der Waals surface area contributed by atoms with E-state index in [1.807, 2.05) is 6.92 Å². The number of carbonyl (C=O) groups is 2. The van der Waals surface area contributed by atoms with Gasteiger partial charge in [0.25, 0.3) is 11.6 Å². The van der Waals surface area contributed by atoms with Crippen molar-refractivity contribution < 1.29 is 24.0 Å². The fourth-order valence-electron chi connectivity index (χ4n) is 2.08. The molecule has 0 heterocycles. The van der Waals surface area contributed by atoms with Crippen LogP contribution >= 0.6 is 0 Å². The van der Waals surface area contributed by atoms with Crippen molar-refractivity contribution in [3.05, 3.63) is 69.8 Å². The molecule has 0 fully saturated rings. The number of nitrogens with one attached hydrogen (secondary N) is 1. The summed E-state index contributed by atoms with van der Waals surface area (Å²) in [6.45, 7) is 1.94. The number of ether oxygens (including phenoxy) is 2. The van der Waals surface area contributed by atoms with Crippen LogP contribution in [0.15, 0.2) is 53.6 Å². The van der Waals surface area contributed by atoms with Crippen molar-refractivity contribution in [3.8, 4) is 5.75 Å². The number of nitro groups is 1. The average molecular weight is 385 g/mol. The predicted molar refractivity (Wildman–Crippen MR) is 101 cm³/mol. The van der Waals surface area contributed by atoms with Gasteiger partial charge in [0, 0.05) is 6.07 Å². The highest BCUT2D eigenvalue weighted by Crippen LogP contribution is 2.15. The number of carbonyl (C=O) groups excluding carboxylic acids is 2. The van der Waals surface area contributed by atoms with Crippen molar-refractivity contribution >= 4 is 23.8 Å². The number of rotatable bonds is 9. The van der Waals surface area contributed by atoms with E-state index in [9.17, 15) is 19.7 Å². The molecule has 0 aromatic heterocycles. The number of hydrogen-bond donors (Lipinski definition) is 1. The first kappa shape index (κ1) is 20.6. The van der Waals surface area contributed by atoms with Gasteiger partial charge in [0.15, 0.2) is 6.61 Å². The Balaban J connectivity index is 1.83. The van der Waals surface area contributed by atoms with Gasteiger partial charge in [-0.2, -0.15) is 5.10 Å². The minimum atomic E-state index is -0.540. The molecule has 0 saturated heterocycles. The summed E-state index contributed by atoms with van der Waals surface area (Å²) in [7, 11) is 0. The molecule has 0 spiro atoms. The molecular formula is C19H19N3O6. The molecule has 0 aliphatic rings. The Morgan fingerprint density at radius 3 is 2.57 bits per heavy atom. The maximum atomic E-state index is 11.8. The van der Waals surface area contributed by atoms with Crippen molar-refractivity contribution in [2.45, 2.75) is 13.3 Å². The van der Waals surface area contributed by atoms with Gasteiger partial charge in [-0.05, 0) is 36.8 Å². The van der Waals surface area contributed by atoms with E-state index in [0.29, 0.717) is 17.9 Å². The van der Waals surface area contributed by atoms with E-state index >= 15 is 0 Å². The number of esters is 1. The summed E-state index contributed by atoms with van der Waals surface area (Å²) in [5.74, 6) is -0.568. The second kappa shape index (κ2) is 10.4. The highest BCUT2D eigenvalue weighted by molar-refractivity contribution is 5.89. The van der Waals surface area contributed by atoms with Gasteiger partial charge in [-0.1, -0.05) is 19.1 Å². The van der Waals surface area contributed by atoms with Crippen molar-refractivity contribution in [2.24, 2.45) is 5.10 Å². The Hall–Kier alpha value is -3.75. The Morgan fingerprint density at radius 1 is 1.18 bits per heavy atom. The van der Waals surface area contributed by atoms with E-state index in [1.54, 1.807) is 18.2 Å².